The van der Waals surface area contributed by atoms with Gasteiger partial charge < -0.3 is 4.74 Å². The number of nitriles is 1. The zero-order valence-corrected chi connectivity index (χ0v) is 16.5. The SMILES string of the molecule is CC1=CC=C(c2cccc(C#N)c2)CC1C1C(=O)C(C)(C)OC(C)(C)C1=O. The maximum absolute atomic E-state index is 13.1. The molecule has 2 aliphatic rings. The van der Waals surface area contributed by atoms with E-state index in [2.05, 4.69) is 6.07 Å². The lowest BCUT2D eigenvalue weighted by molar-refractivity contribution is -0.191. The van der Waals surface area contributed by atoms with Gasteiger partial charge in [-0.05, 0) is 64.3 Å². The Morgan fingerprint density at radius 3 is 2.30 bits per heavy atom. The Bertz CT molecular complexity index is 886. The topological polar surface area (TPSA) is 67.2 Å². The fourth-order valence-corrected chi connectivity index (χ4v) is 4.18. The molecule has 0 saturated carbocycles. The van der Waals surface area contributed by atoms with Gasteiger partial charge in [0.05, 0.1) is 17.6 Å². The molecule has 1 atom stereocenters. The molecule has 1 saturated heterocycles. The quantitative estimate of drug-likeness (QED) is 0.737. The number of hydrogen-bond acceptors (Lipinski definition) is 4. The Hall–Kier alpha value is -2.51. The largest absolute Gasteiger partial charge is 0.354 e. The van der Waals surface area contributed by atoms with Crippen molar-refractivity contribution in [3.8, 4) is 6.07 Å². The molecular weight excluding hydrogens is 338 g/mol. The lowest BCUT2D eigenvalue weighted by Crippen LogP contribution is -2.60. The van der Waals surface area contributed by atoms with Crippen molar-refractivity contribution < 1.29 is 14.3 Å². The van der Waals surface area contributed by atoms with Crippen LogP contribution in [0.4, 0.5) is 0 Å². The zero-order valence-electron chi connectivity index (χ0n) is 16.5. The molecule has 4 heteroatoms. The van der Waals surface area contributed by atoms with Gasteiger partial charge in [-0.15, -0.1) is 0 Å². The Balaban J connectivity index is 1.98. The molecule has 0 amide bonds. The second-order valence-electron chi connectivity index (χ2n) is 8.43. The predicted octanol–water partition coefficient (Wildman–Crippen LogP) is 4.25. The average Bonchev–Trinajstić information content (AvgIpc) is 2.61. The molecule has 1 unspecified atom stereocenters. The number of carbonyl (C=O) groups is 2. The van der Waals surface area contributed by atoms with E-state index in [1.807, 2.05) is 37.3 Å². The molecule has 3 rings (SSSR count). The van der Waals surface area contributed by atoms with Gasteiger partial charge >= 0.3 is 0 Å². The molecule has 1 fully saturated rings. The number of nitrogens with zero attached hydrogens (tertiary/aromatic N) is 1. The van der Waals surface area contributed by atoms with Crippen LogP contribution in [0.3, 0.4) is 0 Å². The maximum Gasteiger partial charge on any atom is 0.175 e. The van der Waals surface area contributed by atoms with Crippen LogP contribution in [0.1, 0.15) is 52.2 Å². The van der Waals surface area contributed by atoms with E-state index in [1.165, 1.54) is 0 Å². The molecule has 0 spiro atoms. The van der Waals surface area contributed by atoms with E-state index in [0.29, 0.717) is 12.0 Å². The highest BCUT2D eigenvalue weighted by Crippen LogP contribution is 2.43. The van der Waals surface area contributed by atoms with Crippen molar-refractivity contribution in [3.63, 3.8) is 0 Å². The third-order valence-corrected chi connectivity index (χ3v) is 5.60. The van der Waals surface area contributed by atoms with Crippen LogP contribution in [0.5, 0.6) is 0 Å². The van der Waals surface area contributed by atoms with Crippen molar-refractivity contribution in [2.75, 3.05) is 0 Å². The molecule has 0 aromatic heterocycles. The van der Waals surface area contributed by atoms with Crippen LogP contribution in [0, 0.1) is 23.2 Å². The monoisotopic (exact) mass is 363 g/mol. The van der Waals surface area contributed by atoms with E-state index in [1.54, 1.807) is 33.8 Å². The number of allylic oxidation sites excluding steroid dienone is 4. The molecule has 1 aliphatic heterocycles. The molecule has 1 heterocycles. The molecule has 0 bridgehead atoms. The lowest BCUT2D eigenvalue weighted by atomic mass is 9.67. The molecule has 1 aromatic carbocycles. The number of ketones is 2. The molecule has 1 aliphatic carbocycles. The maximum atomic E-state index is 13.1. The first-order valence-corrected chi connectivity index (χ1v) is 9.23. The number of benzene rings is 1. The van der Waals surface area contributed by atoms with Gasteiger partial charge in [0.15, 0.2) is 11.6 Å². The third kappa shape index (κ3) is 3.40. The summed E-state index contributed by atoms with van der Waals surface area (Å²) in [6.07, 6.45) is 4.59. The van der Waals surface area contributed by atoms with Crippen LogP contribution < -0.4 is 0 Å². The van der Waals surface area contributed by atoms with Crippen molar-refractivity contribution in [3.05, 3.63) is 53.1 Å². The fourth-order valence-electron chi connectivity index (χ4n) is 4.18. The third-order valence-electron chi connectivity index (χ3n) is 5.60. The van der Waals surface area contributed by atoms with E-state index >= 15 is 0 Å². The summed E-state index contributed by atoms with van der Waals surface area (Å²) in [6, 6.07) is 9.58. The van der Waals surface area contributed by atoms with E-state index in [0.717, 1.165) is 16.7 Å². The second kappa shape index (κ2) is 6.58. The Morgan fingerprint density at radius 1 is 1.07 bits per heavy atom. The fraction of sp³-hybridized carbons (Fsp3) is 0.435. The highest BCUT2D eigenvalue weighted by molar-refractivity contribution is 6.11. The summed E-state index contributed by atoms with van der Waals surface area (Å²) < 4.78 is 5.81. The van der Waals surface area contributed by atoms with Crippen LogP contribution in [0.2, 0.25) is 0 Å². The zero-order chi connectivity index (χ0) is 20.0. The molecule has 27 heavy (non-hydrogen) atoms. The number of rotatable bonds is 2. The highest BCUT2D eigenvalue weighted by atomic mass is 16.5. The van der Waals surface area contributed by atoms with Crippen LogP contribution in [-0.4, -0.2) is 22.8 Å². The van der Waals surface area contributed by atoms with Gasteiger partial charge in [0.25, 0.3) is 0 Å². The van der Waals surface area contributed by atoms with Gasteiger partial charge in [-0.25, -0.2) is 0 Å². The number of carbonyl (C=O) groups excluding carboxylic acids is 2. The lowest BCUT2D eigenvalue weighted by Gasteiger charge is -2.45. The summed E-state index contributed by atoms with van der Waals surface area (Å²) in [4.78, 5) is 26.2. The van der Waals surface area contributed by atoms with Gasteiger partial charge in [-0.3, -0.25) is 9.59 Å². The minimum Gasteiger partial charge on any atom is -0.354 e. The summed E-state index contributed by atoms with van der Waals surface area (Å²) in [5.74, 6) is -1.23. The van der Waals surface area contributed by atoms with E-state index in [4.69, 9.17) is 10.00 Å². The van der Waals surface area contributed by atoms with Crippen LogP contribution in [-0.2, 0) is 14.3 Å². The molecule has 4 nitrogen and oxygen atoms in total. The first kappa shape index (κ1) is 19.3. The molecule has 1 aromatic rings. The van der Waals surface area contributed by atoms with E-state index in [-0.39, 0.29) is 17.5 Å². The molecule has 0 radical (unpaired) electrons. The van der Waals surface area contributed by atoms with Gasteiger partial charge in [-0.1, -0.05) is 29.9 Å². The van der Waals surface area contributed by atoms with Crippen molar-refractivity contribution in [1.29, 1.82) is 5.26 Å². The normalized spacial score (nSPS) is 24.8. The summed E-state index contributed by atoms with van der Waals surface area (Å²) in [5, 5.41) is 9.16. The van der Waals surface area contributed by atoms with Crippen LogP contribution in [0.25, 0.3) is 5.57 Å². The summed E-state index contributed by atoms with van der Waals surface area (Å²) in [7, 11) is 0. The summed E-state index contributed by atoms with van der Waals surface area (Å²) in [5.41, 5.74) is 1.61. The van der Waals surface area contributed by atoms with Gasteiger partial charge in [0.2, 0.25) is 0 Å². The average molecular weight is 363 g/mol. The predicted molar refractivity (Wildman–Crippen MR) is 104 cm³/mol. The molecule has 0 N–H and O–H groups in total. The van der Waals surface area contributed by atoms with E-state index < -0.39 is 17.1 Å². The molecular formula is C23H25NO3. The summed E-state index contributed by atoms with van der Waals surface area (Å²) >= 11 is 0. The minimum absolute atomic E-state index is 0.156. The van der Waals surface area contributed by atoms with Crippen LogP contribution >= 0.6 is 0 Å². The standard InChI is InChI=1S/C23H25NO3/c1-14-9-10-17(16-8-6-7-15(11-16)13-24)12-18(14)19-20(25)22(2,3)27-23(4,5)21(19)26/h6-11,18-19H,12H2,1-5H3. The first-order valence-electron chi connectivity index (χ1n) is 9.23. The first-order chi connectivity index (χ1) is 12.6. The number of Topliss-reactive ketones (excluding diaryl/α,β-unsaturated/α-hetero) is 2. The smallest absolute Gasteiger partial charge is 0.175 e. The van der Waals surface area contributed by atoms with Crippen molar-refractivity contribution in [2.45, 2.75) is 52.2 Å². The Morgan fingerprint density at radius 2 is 1.70 bits per heavy atom. The Labute approximate surface area is 160 Å². The van der Waals surface area contributed by atoms with E-state index in [9.17, 15) is 9.59 Å². The van der Waals surface area contributed by atoms with Crippen molar-refractivity contribution >= 4 is 17.1 Å². The number of hydrogen-bond donors (Lipinski definition) is 0. The highest BCUT2D eigenvalue weighted by Gasteiger charge is 2.55. The summed E-state index contributed by atoms with van der Waals surface area (Å²) in [6.45, 7) is 8.94. The number of ether oxygens (including phenoxy) is 1. The second-order valence-corrected chi connectivity index (χ2v) is 8.43. The molecule has 140 valence electrons. The van der Waals surface area contributed by atoms with Crippen molar-refractivity contribution in [2.24, 2.45) is 11.8 Å². The minimum atomic E-state index is -0.996. The van der Waals surface area contributed by atoms with Crippen molar-refractivity contribution in [1.82, 2.24) is 0 Å². The van der Waals surface area contributed by atoms with Gasteiger partial charge in [-0.2, -0.15) is 5.26 Å². The van der Waals surface area contributed by atoms with Gasteiger partial charge in [0, 0.05) is 5.92 Å². The Kier molecular flexibility index (Phi) is 4.69. The van der Waals surface area contributed by atoms with Gasteiger partial charge in [0.1, 0.15) is 11.2 Å². The van der Waals surface area contributed by atoms with Crippen LogP contribution in [0.15, 0.2) is 42.0 Å².